The predicted octanol–water partition coefficient (Wildman–Crippen LogP) is 7.07. The number of hydrogen-bond acceptors (Lipinski definition) is 16. The Hall–Kier alpha value is -6.60. The van der Waals surface area contributed by atoms with E-state index in [2.05, 4.69) is 186 Å². The summed E-state index contributed by atoms with van der Waals surface area (Å²) in [7, 11) is 0. The highest BCUT2D eigenvalue weighted by molar-refractivity contribution is 5.49. The van der Waals surface area contributed by atoms with Crippen LogP contribution in [0.1, 0.15) is 35.1 Å². The summed E-state index contributed by atoms with van der Waals surface area (Å²) in [5, 5.41) is 30.0. The average molecular weight is 1120 g/mol. The van der Waals surface area contributed by atoms with Gasteiger partial charge in [0.25, 0.3) is 0 Å². The van der Waals surface area contributed by atoms with Crippen molar-refractivity contribution < 1.29 is 28.4 Å². The molecule has 4 unspecified atom stereocenters. The fourth-order valence-electron chi connectivity index (χ4n) is 10.5. The van der Waals surface area contributed by atoms with Gasteiger partial charge in [-0.2, -0.15) is 0 Å². The van der Waals surface area contributed by atoms with Crippen molar-refractivity contribution >= 4 is 11.4 Å². The average Bonchev–Trinajstić information content (AvgIpc) is 3.49. The zero-order valence-electron chi connectivity index (χ0n) is 48.2. The van der Waals surface area contributed by atoms with Gasteiger partial charge in [0.15, 0.2) is 0 Å². The number of anilines is 2. The SMILES string of the molecule is c1cc2cc(c1)OCCN1CCOc3cccc(c3)NCCNC(CCNCc3ccccc3OCCN3CCOc4cccc(c4)CCNCC(CCNCc4ccccc4OCC1)NCCNc1cccc(c1)OCC3)CNCC2. The Morgan fingerprint density at radius 1 is 0.341 bits per heavy atom. The molecule has 4 atom stereocenters. The molecule has 0 fully saturated rings. The van der Waals surface area contributed by atoms with E-state index in [1.54, 1.807) is 0 Å². The van der Waals surface area contributed by atoms with Crippen LogP contribution in [-0.2, 0) is 25.9 Å². The lowest BCUT2D eigenvalue weighted by molar-refractivity contribution is 0.153. The molecule has 82 heavy (non-hydrogen) atoms. The van der Waals surface area contributed by atoms with Crippen LogP contribution in [0, 0.1) is 0 Å². The first-order valence-electron chi connectivity index (χ1n) is 30.2. The second kappa shape index (κ2) is 34.8. The van der Waals surface area contributed by atoms with E-state index in [4.69, 9.17) is 28.4 Å². The maximum atomic E-state index is 6.58. The normalized spacial score (nSPS) is 21.8. The van der Waals surface area contributed by atoms with E-state index in [-0.39, 0.29) is 12.1 Å². The Morgan fingerprint density at radius 2 is 0.732 bits per heavy atom. The van der Waals surface area contributed by atoms with Gasteiger partial charge < -0.3 is 71.0 Å². The number of benzene rings is 6. The van der Waals surface area contributed by atoms with Crippen molar-refractivity contribution in [3.63, 3.8) is 0 Å². The van der Waals surface area contributed by atoms with Crippen LogP contribution in [0.3, 0.4) is 0 Å². The molecule has 0 aromatic heterocycles. The molecule has 4 aliphatic heterocycles. The van der Waals surface area contributed by atoms with E-state index < -0.39 is 0 Å². The van der Waals surface area contributed by atoms with Crippen LogP contribution in [-0.4, -0.2) is 166 Å². The lowest BCUT2D eigenvalue weighted by Gasteiger charge is -2.24. The third-order valence-corrected chi connectivity index (χ3v) is 15.2. The molecule has 12 bridgehead atoms. The molecular formula is C66H90N10O6. The van der Waals surface area contributed by atoms with Gasteiger partial charge in [0.05, 0.1) is 0 Å². The summed E-state index contributed by atoms with van der Waals surface area (Å²) in [5.74, 6) is 5.27. The molecule has 0 saturated carbocycles. The Balaban J connectivity index is 0.911. The van der Waals surface area contributed by atoms with E-state index in [1.165, 1.54) is 11.1 Å². The maximum absolute atomic E-state index is 6.58. The summed E-state index contributed by atoms with van der Waals surface area (Å²) in [6, 6.07) is 50.9. The van der Waals surface area contributed by atoms with E-state index >= 15 is 0 Å². The number of ether oxygens (including phenoxy) is 6. The van der Waals surface area contributed by atoms with Crippen molar-refractivity contribution in [3.8, 4) is 34.5 Å². The molecule has 6 aromatic rings. The Morgan fingerprint density at radius 3 is 1.17 bits per heavy atom. The molecule has 0 amide bonds. The summed E-state index contributed by atoms with van der Waals surface area (Å²) >= 11 is 0. The van der Waals surface area contributed by atoms with Gasteiger partial charge in [0, 0.05) is 138 Å². The minimum Gasteiger partial charge on any atom is -0.492 e. The third kappa shape index (κ3) is 21.6. The number of hydrogen-bond donors (Lipinski definition) is 8. The lowest BCUT2D eigenvalue weighted by Crippen LogP contribution is -2.42. The molecule has 4 aliphatic rings. The topological polar surface area (TPSA) is 158 Å². The lowest BCUT2D eigenvalue weighted by atomic mass is 10.1. The zero-order chi connectivity index (χ0) is 55.9. The van der Waals surface area contributed by atoms with Crippen LogP contribution in [0.2, 0.25) is 0 Å². The first-order valence-corrected chi connectivity index (χ1v) is 30.2. The zero-order valence-corrected chi connectivity index (χ0v) is 48.2. The van der Waals surface area contributed by atoms with E-state index in [0.717, 1.165) is 187 Å². The van der Waals surface area contributed by atoms with E-state index in [9.17, 15) is 0 Å². The van der Waals surface area contributed by atoms with Crippen molar-refractivity contribution in [3.05, 3.63) is 168 Å². The summed E-state index contributed by atoms with van der Waals surface area (Å²) < 4.78 is 38.8. The van der Waals surface area contributed by atoms with Crippen molar-refractivity contribution in [2.75, 3.05) is 155 Å². The standard InChI is InChI=1S/C66H90N10O6/c1-3-19-65-55(11-1)49-67-27-23-59-51-69-25-21-53-9-6-16-62(46-53)78-40-34-76(36-42-80-64-18-8-13-57(48-64)71-29-31-73-59)38-44-82-66-20-4-2-12-56(66)50-68-28-24-60-52-70-26-22-54-10-5-15-61(45-54)77-39-33-75(37-43-81-65)35-41-79-63-17-7-14-58(47-63)72-30-32-74-60/h1-20,45-48,59-60,67-74H,21-44,49-52H2. The number of fused-ring (bicyclic) bond motifs is 22. The second-order valence-electron chi connectivity index (χ2n) is 21.3. The first kappa shape index (κ1) is 60.0. The van der Waals surface area contributed by atoms with Gasteiger partial charge in [0.2, 0.25) is 0 Å². The molecule has 440 valence electrons. The summed E-state index contributed by atoms with van der Waals surface area (Å²) in [5.41, 5.74) is 6.86. The molecule has 6 aromatic carbocycles. The fourth-order valence-corrected chi connectivity index (χ4v) is 10.5. The number of nitrogens with one attached hydrogen (secondary N) is 8. The highest BCUT2D eigenvalue weighted by Crippen LogP contribution is 2.22. The molecule has 4 heterocycles. The van der Waals surface area contributed by atoms with Gasteiger partial charge in [-0.1, -0.05) is 72.8 Å². The number of para-hydroxylation sites is 2. The molecule has 0 spiro atoms. The van der Waals surface area contributed by atoms with Crippen LogP contribution >= 0.6 is 0 Å². The van der Waals surface area contributed by atoms with Gasteiger partial charge in [-0.3, -0.25) is 9.80 Å². The van der Waals surface area contributed by atoms with Crippen molar-refractivity contribution in [1.82, 2.24) is 41.7 Å². The van der Waals surface area contributed by atoms with Gasteiger partial charge in [0.1, 0.15) is 74.1 Å². The first-order chi connectivity index (χ1) is 40.6. The largest absolute Gasteiger partial charge is 0.492 e. The van der Waals surface area contributed by atoms with E-state index in [0.29, 0.717) is 52.7 Å². The molecule has 16 nitrogen and oxygen atoms in total. The minimum atomic E-state index is 0.262. The monoisotopic (exact) mass is 1120 g/mol. The number of nitrogens with zero attached hydrogens (tertiary/aromatic N) is 2. The summed E-state index contributed by atoms with van der Waals surface area (Å²) in [6.07, 6.45) is 3.72. The highest BCUT2D eigenvalue weighted by atomic mass is 16.5. The van der Waals surface area contributed by atoms with Crippen molar-refractivity contribution in [2.45, 2.75) is 50.9 Å². The Bertz CT molecular complexity index is 2450. The quantitative estimate of drug-likeness (QED) is 0.0781. The van der Waals surface area contributed by atoms with Gasteiger partial charge in [-0.15, -0.1) is 0 Å². The molecule has 8 N–H and O–H groups in total. The van der Waals surface area contributed by atoms with Gasteiger partial charge >= 0.3 is 0 Å². The molecule has 0 saturated heterocycles. The van der Waals surface area contributed by atoms with E-state index in [1.807, 2.05) is 12.1 Å². The van der Waals surface area contributed by atoms with Crippen LogP contribution in [0.15, 0.2) is 146 Å². The maximum Gasteiger partial charge on any atom is 0.123 e. The van der Waals surface area contributed by atoms with Crippen LogP contribution in [0.25, 0.3) is 0 Å². The highest BCUT2D eigenvalue weighted by Gasteiger charge is 2.15. The molecular weight excluding hydrogens is 1030 g/mol. The molecule has 10 rings (SSSR count). The summed E-state index contributed by atoms with van der Waals surface area (Å²) in [4.78, 5) is 4.74. The van der Waals surface area contributed by atoms with Gasteiger partial charge in [-0.05, 0) is 124 Å². The second-order valence-corrected chi connectivity index (χ2v) is 21.3. The predicted molar refractivity (Wildman–Crippen MR) is 331 cm³/mol. The molecule has 0 aliphatic carbocycles. The Kier molecular flexibility index (Phi) is 25.4. The van der Waals surface area contributed by atoms with Crippen LogP contribution in [0.5, 0.6) is 34.5 Å². The van der Waals surface area contributed by atoms with Gasteiger partial charge in [-0.25, -0.2) is 0 Å². The van der Waals surface area contributed by atoms with Crippen LogP contribution in [0.4, 0.5) is 11.4 Å². The Labute approximate surface area is 487 Å². The smallest absolute Gasteiger partial charge is 0.123 e. The third-order valence-electron chi connectivity index (χ3n) is 15.2. The fraction of sp³-hybridized carbons (Fsp3) is 0.455. The van der Waals surface area contributed by atoms with Crippen molar-refractivity contribution in [1.29, 1.82) is 0 Å². The number of rotatable bonds is 0. The summed E-state index contributed by atoms with van der Waals surface area (Å²) in [6.45, 7) is 17.3. The minimum absolute atomic E-state index is 0.262. The molecule has 16 heteroatoms. The van der Waals surface area contributed by atoms with Crippen LogP contribution < -0.4 is 71.0 Å². The van der Waals surface area contributed by atoms with Crippen molar-refractivity contribution in [2.24, 2.45) is 0 Å². The molecule has 0 radical (unpaired) electrons.